The van der Waals surface area contributed by atoms with Crippen molar-refractivity contribution in [2.45, 2.75) is 0 Å². The maximum Gasteiger partial charge on any atom is 0.218 e. The zero-order valence-corrected chi connectivity index (χ0v) is 8.23. The van der Waals surface area contributed by atoms with Gasteiger partial charge < -0.3 is 9.63 Å². The third-order valence-electron chi connectivity index (χ3n) is 1.93. The Morgan fingerprint density at radius 2 is 2.13 bits per heavy atom. The van der Waals surface area contributed by atoms with Crippen molar-refractivity contribution in [2.24, 2.45) is 0 Å². The Morgan fingerprint density at radius 3 is 2.73 bits per heavy atom. The van der Waals surface area contributed by atoms with Gasteiger partial charge in [0.2, 0.25) is 5.76 Å². The smallest absolute Gasteiger partial charge is 0.218 e. The number of para-hydroxylation sites is 1. The molecule has 2 rings (SSSR count). The molecule has 0 unspecified atom stereocenters. The number of carbonyl (C=O) groups excluding carboxylic acids is 1. The summed E-state index contributed by atoms with van der Waals surface area (Å²) >= 11 is 5.83. The maximum atomic E-state index is 10.5. The normalized spacial score (nSPS) is 10.2. The van der Waals surface area contributed by atoms with E-state index in [9.17, 15) is 9.90 Å². The topological polar surface area (TPSA) is 63.3 Å². The van der Waals surface area contributed by atoms with Gasteiger partial charge in [-0.15, -0.1) is 0 Å². The Morgan fingerprint density at radius 1 is 1.40 bits per heavy atom. The molecule has 15 heavy (non-hydrogen) atoms. The molecule has 0 fully saturated rings. The molecule has 0 saturated heterocycles. The lowest BCUT2D eigenvalue weighted by atomic mass is 10.1. The van der Waals surface area contributed by atoms with Crippen LogP contribution in [0.25, 0.3) is 11.3 Å². The van der Waals surface area contributed by atoms with Crippen LogP contribution in [0.2, 0.25) is 5.02 Å². The molecule has 0 aliphatic heterocycles. The molecule has 0 aliphatic rings. The molecule has 1 heterocycles. The number of nitrogens with zero attached hydrogens (tertiary/aromatic N) is 1. The van der Waals surface area contributed by atoms with E-state index in [0.29, 0.717) is 11.8 Å². The molecule has 2 aromatic rings. The number of aldehydes is 1. The summed E-state index contributed by atoms with van der Waals surface area (Å²) in [7, 11) is 0. The number of phenols is 1. The second kappa shape index (κ2) is 3.74. The van der Waals surface area contributed by atoms with Crippen molar-refractivity contribution in [3.05, 3.63) is 35.0 Å². The van der Waals surface area contributed by atoms with E-state index in [0.717, 1.165) is 0 Å². The standard InChI is InChI=1S/C10H6ClNO3/c11-9-8(5-13)15-12-10(9)6-3-1-2-4-7(6)14/h1-5,14H. The van der Waals surface area contributed by atoms with Crippen molar-refractivity contribution in [3.63, 3.8) is 0 Å². The number of rotatable bonds is 2. The average Bonchev–Trinajstić information content (AvgIpc) is 2.60. The predicted molar refractivity (Wildman–Crippen MR) is 54.0 cm³/mol. The molecule has 1 aromatic carbocycles. The minimum absolute atomic E-state index is 0.0325. The van der Waals surface area contributed by atoms with E-state index in [-0.39, 0.29) is 22.2 Å². The van der Waals surface area contributed by atoms with E-state index in [1.54, 1.807) is 18.2 Å². The molecular weight excluding hydrogens is 218 g/mol. The van der Waals surface area contributed by atoms with Gasteiger partial charge in [-0.25, -0.2) is 0 Å². The largest absolute Gasteiger partial charge is 0.507 e. The van der Waals surface area contributed by atoms with E-state index in [4.69, 9.17) is 16.1 Å². The summed E-state index contributed by atoms with van der Waals surface area (Å²) in [4.78, 5) is 10.5. The Bertz CT molecular complexity index is 507. The Balaban J connectivity index is 2.59. The van der Waals surface area contributed by atoms with Crippen LogP contribution in [-0.4, -0.2) is 16.5 Å². The minimum Gasteiger partial charge on any atom is -0.507 e. The fraction of sp³-hybridized carbons (Fsp3) is 0. The van der Waals surface area contributed by atoms with Crippen LogP contribution in [-0.2, 0) is 0 Å². The van der Waals surface area contributed by atoms with Gasteiger partial charge in [0.1, 0.15) is 16.5 Å². The van der Waals surface area contributed by atoms with Gasteiger partial charge in [0.05, 0.1) is 0 Å². The Hall–Kier alpha value is -1.81. The van der Waals surface area contributed by atoms with Gasteiger partial charge >= 0.3 is 0 Å². The number of hydrogen-bond acceptors (Lipinski definition) is 4. The van der Waals surface area contributed by atoms with Crippen molar-refractivity contribution in [2.75, 3.05) is 0 Å². The van der Waals surface area contributed by atoms with Crippen molar-refractivity contribution >= 4 is 17.9 Å². The quantitative estimate of drug-likeness (QED) is 0.795. The van der Waals surface area contributed by atoms with Gasteiger partial charge in [-0.2, -0.15) is 0 Å². The number of aromatic hydroxyl groups is 1. The number of hydrogen-bond donors (Lipinski definition) is 1. The summed E-state index contributed by atoms with van der Waals surface area (Å²) in [6.07, 6.45) is 0.471. The molecule has 0 aliphatic carbocycles. The lowest BCUT2D eigenvalue weighted by Crippen LogP contribution is -1.79. The van der Waals surface area contributed by atoms with Crippen LogP contribution in [0.5, 0.6) is 5.75 Å². The highest BCUT2D eigenvalue weighted by molar-refractivity contribution is 6.35. The molecular formula is C10H6ClNO3. The summed E-state index contributed by atoms with van der Waals surface area (Å²) in [5.41, 5.74) is 0.691. The number of phenolic OH excluding ortho intramolecular Hbond substituents is 1. The highest BCUT2D eigenvalue weighted by atomic mass is 35.5. The van der Waals surface area contributed by atoms with Gasteiger partial charge in [-0.05, 0) is 12.1 Å². The molecule has 0 bridgehead atoms. The van der Waals surface area contributed by atoms with Crippen LogP contribution in [0.1, 0.15) is 10.6 Å². The minimum atomic E-state index is -0.0464. The summed E-state index contributed by atoms with van der Waals surface area (Å²) in [5, 5.41) is 13.3. The highest BCUT2D eigenvalue weighted by Gasteiger charge is 2.17. The van der Waals surface area contributed by atoms with Gasteiger partial charge in [-0.3, -0.25) is 4.79 Å². The first-order valence-corrected chi connectivity index (χ1v) is 4.50. The van der Waals surface area contributed by atoms with Crippen LogP contribution in [0.3, 0.4) is 0 Å². The SMILES string of the molecule is O=Cc1onc(-c2ccccc2O)c1Cl. The fourth-order valence-electron chi connectivity index (χ4n) is 1.21. The summed E-state index contributed by atoms with van der Waals surface area (Å²) in [6, 6.07) is 6.53. The van der Waals surface area contributed by atoms with Gasteiger partial charge in [-0.1, -0.05) is 28.9 Å². The summed E-state index contributed by atoms with van der Waals surface area (Å²) < 4.78 is 4.69. The molecule has 76 valence electrons. The number of carbonyl (C=O) groups is 1. The van der Waals surface area contributed by atoms with Crippen LogP contribution < -0.4 is 0 Å². The first kappa shape index (κ1) is 9.73. The van der Waals surface area contributed by atoms with E-state index in [1.807, 2.05) is 0 Å². The van der Waals surface area contributed by atoms with E-state index in [1.165, 1.54) is 6.07 Å². The van der Waals surface area contributed by atoms with Crippen molar-refractivity contribution in [1.29, 1.82) is 0 Å². The van der Waals surface area contributed by atoms with Gasteiger partial charge in [0.15, 0.2) is 6.29 Å². The van der Waals surface area contributed by atoms with E-state index < -0.39 is 0 Å². The van der Waals surface area contributed by atoms with Crippen LogP contribution in [0, 0.1) is 0 Å². The number of benzene rings is 1. The molecule has 0 spiro atoms. The molecule has 1 N–H and O–H groups in total. The Kier molecular flexibility index (Phi) is 2.43. The van der Waals surface area contributed by atoms with Crippen molar-refractivity contribution in [1.82, 2.24) is 5.16 Å². The third-order valence-corrected chi connectivity index (χ3v) is 2.29. The molecule has 0 saturated carbocycles. The zero-order valence-electron chi connectivity index (χ0n) is 7.48. The van der Waals surface area contributed by atoms with E-state index in [2.05, 4.69) is 5.16 Å². The van der Waals surface area contributed by atoms with Gasteiger partial charge in [0, 0.05) is 5.56 Å². The maximum absolute atomic E-state index is 10.5. The van der Waals surface area contributed by atoms with Crippen molar-refractivity contribution < 1.29 is 14.4 Å². The second-order valence-corrected chi connectivity index (χ2v) is 3.22. The third kappa shape index (κ3) is 1.59. The van der Waals surface area contributed by atoms with Crippen molar-refractivity contribution in [3.8, 4) is 17.0 Å². The highest BCUT2D eigenvalue weighted by Crippen LogP contribution is 2.34. The van der Waals surface area contributed by atoms with Gasteiger partial charge in [0.25, 0.3) is 0 Å². The lowest BCUT2D eigenvalue weighted by molar-refractivity contribution is 0.109. The summed E-state index contributed by atoms with van der Waals surface area (Å²) in [5.74, 6) is -0.0138. The molecule has 0 radical (unpaired) electrons. The first-order valence-electron chi connectivity index (χ1n) is 4.12. The second-order valence-electron chi connectivity index (χ2n) is 2.84. The molecule has 4 nitrogen and oxygen atoms in total. The monoisotopic (exact) mass is 223 g/mol. The average molecular weight is 224 g/mol. The first-order chi connectivity index (χ1) is 7.24. The molecule has 1 aromatic heterocycles. The van der Waals surface area contributed by atoms with Crippen LogP contribution >= 0.6 is 11.6 Å². The fourth-order valence-corrected chi connectivity index (χ4v) is 1.42. The zero-order chi connectivity index (χ0) is 10.8. The molecule has 0 atom stereocenters. The van der Waals surface area contributed by atoms with Crippen LogP contribution in [0.15, 0.2) is 28.8 Å². The molecule has 5 heteroatoms. The molecule has 0 amide bonds. The number of aromatic nitrogens is 1. The summed E-state index contributed by atoms with van der Waals surface area (Å²) in [6.45, 7) is 0. The van der Waals surface area contributed by atoms with Crippen LogP contribution in [0.4, 0.5) is 0 Å². The lowest BCUT2D eigenvalue weighted by Gasteiger charge is -1.98. The Labute approximate surface area is 90.1 Å². The number of halogens is 1. The van der Waals surface area contributed by atoms with E-state index >= 15 is 0 Å². The predicted octanol–water partition coefficient (Wildman–Crippen LogP) is 2.51.